The summed E-state index contributed by atoms with van der Waals surface area (Å²) in [4.78, 5) is 24.0. The van der Waals surface area contributed by atoms with E-state index in [1.807, 2.05) is 6.92 Å². The molecule has 2 N–H and O–H groups in total. The number of halogens is 1. The summed E-state index contributed by atoms with van der Waals surface area (Å²) < 4.78 is 18.7. The summed E-state index contributed by atoms with van der Waals surface area (Å²) in [5.41, 5.74) is -0.139. The van der Waals surface area contributed by atoms with Gasteiger partial charge in [0.25, 0.3) is 0 Å². The molecule has 1 rings (SSSR count). The van der Waals surface area contributed by atoms with Crippen molar-refractivity contribution < 1.29 is 18.7 Å². The van der Waals surface area contributed by atoms with Gasteiger partial charge in [0, 0.05) is 6.42 Å². The average molecular weight is 338 g/mol. The molecule has 5 nitrogen and oxygen atoms in total. The number of hydrogen-bond donors (Lipinski definition) is 2. The lowest BCUT2D eigenvalue weighted by Gasteiger charge is -2.20. The van der Waals surface area contributed by atoms with Gasteiger partial charge in [0.2, 0.25) is 5.91 Å². The minimum Gasteiger partial charge on any atom is -0.444 e. The van der Waals surface area contributed by atoms with E-state index >= 15 is 0 Å². The van der Waals surface area contributed by atoms with Crippen LogP contribution in [0, 0.1) is 11.7 Å². The van der Waals surface area contributed by atoms with Gasteiger partial charge < -0.3 is 10.1 Å². The highest BCUT2D eigenvalue weighted by Crippen LogP contribution is 2.24. The molecule has 1 atom stereocenters. The summed E-state index contributed by atoms with van der Waals surface area (Å²) in [6, 6.07) is 3.78. The van der Waals surface area contributed by atoms with Crippen LogP contribution in [0.15, 0.2) is 18.2 Å². The first-order chi connectivity index (χ1) is 11.1. The van der Waals surface area contributed by atoms with Crippen molar-refractivity contribution in [2.45, 2.75) is 59.5 Å². The predicted octanol–water partition coefficient (Wildman–Crippen LogP) is 4.94. The fourth-order valence-corrected chi connectivity index (χ4v) is 2.26. The highest BCUT2D eigenvalue weighted by molar-refractivity contribution is 5.97. The number of hydrogen-bond acceptors (Lipinski definition) is 3. The Balaban J connectivity index is 2.81. The molecule has 1 aromatic carbocycles. The first-order valence-electron chi connectivity index (χ1n) is 8.20. The molecular formula is C18H27FN2O3. The fraction of sp³-hybridized carbons (Fsp3) is 0.556. The average Bonchev–Trinajstić information content (AvgIpc) is 2.39. The first kappa shape index (κ1) is 19.9. The van der Waals surface area contributed by atoms with Crippen molar-refractivity contribution in [2.75, 3.05) is 10.6 Å². The maximum atomic E-state index is 13.5. The Morgan fingerprint density at radius 3 is 2.46 bits per heavy atom. The van der Waals surface area contributed by atoms with Crippen LogP contribution < -0.4 is 10.6 Å². The third-order valence-corrected chi connectivity index (χ3v) is 3.21. The predicted molar refractivity (Wildman–Crippen MR) is 93.6 cm³/mol. The number of rotatable bonds is 6. The van der Waals surface area contributed by atoms with Crippen LogP contribution in [0.5, 0.6) is 0 Å². The van der Waals surface area contributed by atoms with E-state index in [4.69, 9.17) is 4.74 Å². The van der Waals surface area contributed by atoms with Gasteiger partial charge in [0.15, 0.2) is 0 Å². The van der Waals surface area contributed by atoms with Gasteiger partial charge >= 0.3 is 6.09 Å². The van der Waals surface area contributed by atoms with Crippen molar-refractivity contribution in [3.05, 3.63) is 24.0 Å². The molecule has 0 aliphatic carbocycles. The Hall–Kier alpha value is -2.11. The Bertz CT molecular complexity index is 582. The van der Waals surface area contributed by atoms with Gasteiger partial charge in [-0.25, -0.2) is 9.18 Å². The van der Waals surface area contributed by atoms with E-state index in [1.54, 1.807) is 20.8 Å². The molecule has 0 aliphatic heterocycles. The second-order valence-corrected chi connectivity index (χ2v) is 6.96. The maximum Gasteiger partial charge on any atom is 0.412 e. The van der Waals surface area contributed by atoms with Crippen LogP contribution in [-0.2, 0) is 9.53 Å². The smallest absolute Gasteiger partial charge is 0.412 e. The highest BCUT2D eigenvalue weighted by atomic mass is 19.1. The molecule has 0 fully saturated rings. The molecule has 0 bridgehead atoms. The van der Waals surface area contributed by atoms with E-state index in [9.17, 15) is 14.0 Å². The fourth-order valence-electron chi connectivity index (χ4n) is 2.26. The van der Waals surface area contributed by atoms with Crippen LogP contribution in [0.3, 0.4) is 0 Å². The Morgan fingerprint density at radius 2 is 1.88 bits per heavy atom. The van der Waals surface area contributed by atoms with Crippen molar-refractivity contribution in [3.63, 3.8) is 0 Å². The number of carbonyl (C=O) groups is 2. The SMILES string of the molecule is CCCC(C)CC(=O)Nc1cc(F)ccc1NC(=O)OC(C)(C)C. The van der Waals surface area contributed by atoms with Gasteiger partial charge in [-0.3, -0.25) is 10.1 Å². The topological polar surface area (TPSA) is 67.4 Å². The van der Waals surface area contributed by atoms with Crippen LogP contribution in [-0.4, -0.2) is 17.6 Å². The number of benzene rings is 1. The Labute approximate surface area is 143 Å². The van der Waals surface area contributed by atoms with Crippen LogP contribution >= 0.6 is 0 Å². The van der Waals surface area contributed by atoms with Crippen molar-refractivity contribution >= 4 is 23.4 Å². The molecule has 0 heterocycles. The van der Waals surface area contributed by atoms with Crippen molar-refractivity contribution in [3.8, 4) is 0 Å². The largest absolute Gasteiger partial charge is 0.444 e. The lowest BCUT2D eigenvalue weighted by atomic mass is 10.0. The molecule has 24 heavy (non-hydrogen) atoms. The van der Waals surface area contributed by atoms with Crippen LogP contribution in [0.25, 0.3) is 0 Å². The number of carbonyl (C=O) groups excluding carboxylic acids is 2. The summed E-state index contributed by atoms with van der Waals surface area (Å²) in [5.74, 6) is -0.471. The normalized spacial score (nSPS) is 12.4. The van der Waals surface area contributed by atoms with Crippen molar-refractivity contribution in [2.24, 2.45) is 5.92 Å². The number of amides is 2. The quantitative estimate of drug-likeness (QED) is 0.772. The Kier molecular flexibility index (Phi) is 7.19. The molecule has 0 aliphatic rings. The number of anilines is 2. The number of ether oxygens (including phenoxy) is 1. The minimum atomic E-state index is -0.663. The summed E-state index contributed by atoms with van der Waals surface area (Å²) in [7, 11) is 0. The summed E-state index contributed by atoms with van der Waals surface area (Å²) in [6.07, 6.45) is 1.62. The zero-order valence-corrected chi connectivity index (χ0v) is 15.0. The van der Waals surface area contributed by atoms with E-state index in [1.165, 1.54) is 18.2 Å². The third kappa shape index (κ3) is 7.44. The molecule has 0 aromatic heterocycles. The van der Waals surface area contributed by atoms with Crippen LogP contribution in [0.2, 0.25) is 0 Å². The molecule has 0 spiro atoms. The molecule has 0 saturated carbocycles. The number of nitrogens with one attached hydrogen (secondary N) is 2. The molecule has 0 saturated heterocycles. The summed E-state index contributed by atoms with van der Waals surface area (Å²) in [6.45, 7) is 9.29. The van der Waals surface area contributed by atoms with E-state index in [0.717, 1.165) is 12.8 Å². The molecule has 134 valence electrons. The lowest BCUT2D eigenvalue weighted by Crippen LogP contribution is -2.27. The Morgan fingerprint density at radius 1 is 1.21 bits per heavy atom. The van der Waals surface area contributed by atoms with Crippen molar-refractivity contribution in [1.82, 2.24) is 0 Å². The van der Waals surface area contributed by atoms with E-state index in [0.29, 0.717) is 12.1 Å². The van der Waals surface area contributed by atoms with Crippen LogP contribution in [0.1, 0.15) is 53.9 Å². The van der Waals surface area contributed by atoms with E-state index in [2.05, 4.69) is 17.6 Å². The van der Waals surface area contributed by atoms with E-state index in [-0.39, 0.29) is 17.5 Å². The molecule has 1 aromatic rings. The van der Waals surface area contributed by atoms with Gasteiger partial charge in [-0.05, 0) is 44.9 Å². The second kappa shape index (κ2) is 8.66. The summed E-state index contributed by atoms with van der Waals surface area (Å²) in [5, 5.41) is 5.20. The molecule has 0 radical (unpaired) electrons. The zero-order chi connectivity index (χ0) is 18.3. The molecule has 1 unspecified atom stereocenters. The third-order valence-electron chi connectivity index (χ3n) is 3.21. The lowest BCUT2D eigenvalue weighted by molar-refractivity contribution is -0.117. The second-order valence-electron chi connectivity index (χ2n) is 6.96. The van der Waals surface area contributed by atoms with Gasteiger partial charge in [-0.1, -0.05) is 26.7 Å². The monoisotopic (exact) mass is 338 g/mol. The molecule has 6 heteroatoms. The molecule has 2 amide bonds. The van der Waals surface area contributed by atoms with Crippen LogP contribution in [0.4, 0.5) is 20.6 Å². The van der Waals surface area contributed by atoms with Gasteiger partial charge in [-0.15, -0.1) is 0 Å². The summed E-state index contributed by atoms with van der Waals surface area (Å²) >= 11 is 0. The maximum absolute atomic E-state index is 13.5. The van der Waals surface area contributed by atoms with Gasteiger partial charge in [-0.2, -0.15) is 0 Å². The zero-order valence-electron chi connectivity index (χ0n) is 15.0. The molecular weight excluding hydrogens is 311 g/mol. The van der Waals surface area contributed by atoms with Gasteiger partial charge in [0.1, 0.15) is 11.4 Å². The van der Waals surface area contributed by atoms with E-state index < -0.39 is 17.5 Å². The highest BCUT2D eigenvalue weighted by Gasteiger charge is 2.18. The van der Waals surface area contributed by atoms with Gasteiger partial charge in [0.05, 0.1) is 11.4 Å². The standard InChI is InChI=1S/C18H27FN2O3/c1-6-7-12(2)10-16(22)20-15-11-13(19)8-9-14(15)21-17(23)24-18(3,4)5/h8-9,11-12H,6-7,10H2,1-5H3,(H,20,22)(H,21,23). The van der Waals surface area contributed by atoms with Crippen molar-refractivity contribution in [1.29, 1.82) is 0 Å². The first-order valence-corrected chi connectivity index (χ1v) is 8.20. The minimum absolute atomic E-state index is 0.214.